The molecule has 4 rings (SSSR count). The Morgan fingerprint density at radius 3 is 2.89 bits per heavy atom. The van der Waals surface area contributed by atoms with Gasteiger partial charge >= 0.3 is 5.97 Å². The first kappa shape index (κ1) is 17.4. The van der Waals surface area contributed by atoms with Crippen LogP contribution in [0.4, 0.5) is 4.39 Å². The largest absolute Gasteiger partial charge is 0.464 e. The number of methoxy groups -OCH3 is 1. The van der Waals surface area contributed by atoms with Gasteiger partial charge in [-0.3, -0.25) is 0 Å². The number of fused-ring (bicyclic) bond motifs is 1. The summed E-state index contributed by atoms with van der Waals surface area (Å²) in [7, 11) is 1.33. The predicted octanol–water partition coefficient (Wildman–Crippen LogP) is 5.12. The first-order valence-corrected chi connectivity index (χ1v) is 9.38. The van der Waals surface area contributed by atoms with E-state index in [1.54, 1.807) is 36.5 Å². The van der Waals surface area contributed by atoms with Gasteiger partial charge in [0.2, 0.25) is 0 Å². The Balaban J connectivity index is 1.86. The molecular formula is C21H17FN2O2S. The molecule has 3 heterocycles. The van der Waals surface area contributed by atoms with E-state index in [-0.39, 0.29) is 11.5 Å². The van der Waals surface area contributed by atoms with Crippen LogP contribution in [-0.2, 0) is 11.2 Å². The molecule has 0 aliphatic heterocycles. The Labute approximate surface area is 159 Å². The maximum Gasteiger partial charge on any atom is 0.356 e. The number of aryl methyl sites for hydroxylation is 1. The number of nitrogens with zero attached hydrogens (tertiary/aromatic N) is 1. The maximum absolute atomic E-state index is 14.2. The minimum Gasteiger partial charge on any atom is -0.464 e. The van der Waals surface area contributed by atoms with Crippen LogP contribution >= 0.6 is 11.3 Å². The second-order valence-corrected chi connectivity index (χ2v) is 7.10. The summed E-state index contributed by atoms with van der Waals surface area (Å²) in [6.07, 6.45) is 0.471. The normalized spacial score (nSPS) is 11.1. The van der Waals surface area contributed by atoms with Gasteiger partial charge in [-0.15, -0.1) is 0 Å². The van der Waals surface area contributed by atoms with Gasteiger partial charge in [0.25, 0.3) is 0 Å². The Morgan fingerprint density at radius 1 is 1.30 bits per heavy atom. The Hall–Kier alpha value is -2.99. The highest BCUT2D eigenvalue weighted by molar-refractivity contribution is 7.08. The minimum atomic E-state index is -0.476. The van der Waals surface area contributed by atoms with Gasteiger partial charge in [-0.05, 0) is 53.8 Å². The topological polar surface area (TPSA) is 55.0 Å². The van der Waals surface area contributed by atoms with Gasteiger partial charge < -0.3 is 9.72 Å². The van der Waals surface area contributed by atoms with Crippen molar-refractivity contribution < 1.29 is 13.9 Å². The van der Waals surface area contributed by atoms with Crippen molar-refractivity contribution in [2.75, 3.05) is 7.11 Å². The number of carbonyl (C=O) groups is 1. The summed E-state index contributed by atoms with van der Waals surface area (Å²) >= 11 is 1.60. The van der Waals surface area contributed by atoms with Crippen LogP contribution in [0.25, 0.3) is 22.2 Å². The standard InChI is InChI=1S/C21H17FN2O2S/c1-12-8-19-15(10-17(12)22)16(20(24-19)13-6-7-27-11-13)9-14-4-3-5-18(23-14)21(25)26-2/h3-8,10-11,24H,9H2,1-2H3. The zero-order valence-electron chi connectivity index (χ0n) is 14.9. The lowest BCUT2D eigenvalue weighted by molar-refractivity contribution is 0.0593. The molecule has 1 N–H and O–H groups in total. The fourth-order valence-electron chi connectivity index (χ4n) is 3.19. The van der Waals surface area contributed by atoms with Gasteiger partial charge in [-0.1, -0.05) is 6.07 Å². The highest BCUT2D eigenvalue weighted by atomic mass is 32.1. The van der Waals surface area contributed by atoms with Crippen LogP contribution in [0.1, 0.15) is 27.3 Å². The molecule has 0 bridgehead atoms. The monoisotopic (exact) mass is 380 g/mol. The summed E-state index contributed by atoms with van der Waals surface area (Å²) in [4.78, 5) is 19.6. The van der Waals surface area contributed by atoms with E-state index in [1.807, 2.05) is 23.6 Å². The number of aromatic nitrogens is 2. The number of H-pyrrole nitrogens is 1. The highest BCUT2D eigenvalue weighted by Crippen LogP contribution is 2.34. The van der Waals surface area contributed by atoms with E-state index in [2.05, 4.69) is 15.3 Å². The lowest BCUT2D eigenvalue weighted by atomic mass is 10.0. The van der Waals surface area contributed by atoms with Crippen LogP contribution < -0.4 is 0 Å². The zero-order valence-corrected chi connectivity index (χ0v) is 15.7. The number of esters is 1. The molecular weight excluding hydrogens is 363 g/mol. The number of hydrogen-bond donors (Lipinski definition) is 1. The summed E-state index contributed by atoms with van der Waals surface area (Å²) in [5, 5.41) is 4.88. The molecule has 3 aromatic heterocycles. The second-order valence-electron chi connectivity index (χ2n) is 6.32. The van der Waals surface area contributed by atoms with E-state index in [1.165, 1.54) is 7.11 Å². The molecule has 0 saturated heterocycles. The van der Waals surface area contributed by atoms with E-state index in [0.29, 0.717) is 12.0 Å². The molecule has 0 saturated carbocycles. The van der Waals surface area contributed by atoms with Crippen molar-refractivity contribution in [3.63, 3.8) is 0 Å². The SMILES string of the molecule is COC(=O)c1cccc(Cc2c(-c3ccsc3)[nH]c3cc(C)c(F)cc23)n1. The number of thiophene rings is 1. The molecule has 4 aromatic rings. The number of nitrogens with one attached hydrogen (secondary N) is 1. The second kappa shape index (κ2) is 6.96. The van der Waals surface area contributed by atoms with E-state index in [4.69, 9.17) is 4.74 Å². The fourth-order valence-corrected chi connectivity index (χ4v) is 3.84. The van der Waals surface area contributed by atoms with Gasteiger partial charge in [-0.25, -0.2) is 14.2 Å². The van der Waals surface area contributed by atoms with Gasteiger partial charge in [0.15, 0.2) is 0 Å². The van der Waals surface area contributed by atoms with Gasteiger partial charge in [0.05, 0.1) is 12.8 Å². The zero-order chi connectivity index (χ0) is 19.0. The molecule has 27 heavy (non-hydrogen) atoms. The summed E-state index contributed by atoms with van der Waals surface area (Å²) in [5.41, 5.74) is 5.41. The lowest BCUT2D eigenvalue weighted by Crippen LogP contribution is -2.06. The molecule has 0 aliphatic carbocycles. The van der Waals surface area contributed by atoms with Crippen molar-refractivity contribution in [1.82, 2.24) is 9.97 Å². The van der Waals surface area contributed by atoms with Gasteiger partial charge in [0.1, 0.15) is 11.5 Å². The van der Waals surface area contributed by atoms with Crippen LogP contribution in [0.3, 0.4) is 0 Å². The van der Waals surface area contributed by atoms with Crippen molar-refractivity contribution in [3.8, 4) is 11.3 Å². The third kappa shape index (κ3) is 3.24. The molecule has 0 amide bonds. The van der Waals surface area contributed by atoms with Crippen molar-refractivity contribution >= 4 is 28.2 Å². The number of halogens is 1. The average Bonchev–Trinajstić information content (AvgIpc) is 3.31. The van der Waals surface area contributed by atoms with E-state index in [0.717, 1.165) is 33.4 Å². The van der Waals surface area contributed by atoms with Crippen molar-refractivity contribution in [1.29, 1.82) is 0 Å². The third-order valence-corrected chi connectivity index (χ3v) is 5.24. The third-order valence-electron chi connectivity index (χ3n) is 4.55. The first-order valence-electron chi connectivity index (χ1n) is 8.44. The summed E-state index contributed by atoms with van der Waals surface area (Å²) < 4.78 is 19.0. The summed E-state index contributed by atoms with van der Waals surface area (Å²) in [6.45, 7) is 1.75. The molecule has 1 aromatic carbocycles. The number of benzene rings is 1. The van der Waals surface area contributed by atoms with Crippen LogP contribution in [0.15, 0.2) is 47.2 Å². The Bertz CT molecular complexity index is 1130. The molecule has 0 atom stereocenters. The maximum atomic E-state index is 14.2. The molecule has 0 aliphatic rings. The smallest absolute Gasteiger partial charge is 0.356 e. The highest BCUT2D eigenvalue weighted by Gasteiger charge is 2.17. The first-order chi connectivity index (χ1) is 13.1. The van der Waals surface area contributed by atoms with Crippen molar-refractivity contribution in [2.45, 2.75) is 13.3 Å². The number of rotatable bonds is 4. The molecule has 6 heteroatoms. The number of hydrogen-bond acceptors (Lipinski definition) is 4. The fraction of sp³-hybridized carbons (Fsp3) is 0.143. The Kier molecular flexibility index (Phi) is 4.49. The molecule has 0 radical (unpaired) electrons. The number of aromatic amines is 1. The van der Waals surface area contributed by atoms with Crippen molar-refractivity contribution in [3.05, 3.63) is 75.5 Å². The molecule has 0 unspecified atom stereocenters. The van der Waals surface area contributed by atoms with Crippen molar-refractivity contribution in [2.24, 2.45) is 0 Å². The number of ether oxygens (including phenoxy) is 1. The minimum absolute atomic E-state index is 0.240. The molecule has 136 valence electrons. The Morgan fingerprint density at radius 2 is 2.15 bits per heavy atom. The molecule has 0 spiro atoms. The van der Waals surface area contributed by atoms with Gasteiger partial charge in [0, 0.05) is 34.0 Å². The van der Waals surface area contributed by atoms with Crippen LogP contribution in [-0.4, -0.2) is 23.0 Å². The number of pyridine rings is 1. The quantitative estimate of drug-likeness (QED) is 0.500. The predicted molar refractivity (Wildman–Crippen MR) is 105 cm³/mol. The van der Waals surface area contributed by atoms with Crippen LogP contribution in [0.5, 0.6) is 0 Å². The average molecular weight is 380 g/mol. The van der Waals surface area contributed by atoms with Crippen LogP contribution in [0, 0.1) is 12.7 Å². The summed E-state index contributed by atoms with van der Waals surface area (Å²) in [5.74, 6) is -0.716. The van der Waals surface area contributed by atoms with E-state index >= 15 is 0 Å². The lowest BCUT2D eigenvalue weighted by Gasteiger charge is -2.06. The van der Waals surface area contributed by atoms with Gasteiger partial charge in [-0.2, -0.15) is 11.3 Å². The van der Waals surface area contributed by atoms with E-state index < -0.39 is 5.97 Å². The van der Waals surface area contributed by atoms with E-state index in [9.17, 15) is 9.18 Å². The van der Waals surface area contributed by atoms with Crippen LogP contribution in [0.2, 0.25) is 0 Å². The molecule has 4 nitrogen and oxygen atoms in total. The summed E-state index contributed by atoms with van der Waals surface area (Å²) in [6, 6.07) is 10.7. The molecule has 0 fully saturated rings. The number of carbonyl (C=O) groups excluding carboxylic acids is 1.